The molecule has 0 radical (unpaired) electrons. The zero-order chi connectivity index (χ0) is 27.6. The third-order valence-corrected chi connectivity index (χ3v) is 6.97. The minimum absolute atomic E-state index is 0.0482. The molecule has 0 aromatic heterocycles. The molecule has 0 aromatic rings. The van der Waals surface area contributed by atoms with Gasteiger partial charge in [-0.25, -0.2) is 0 Å². The summed E-state index contributed by atoms with van der Waals surface area (Å²) >= 11 is 0. The van der Waals surface area contributed by atoms with Crippen LogP contribution in [0.25, 0.3) is 0 Å². The summed E-state index contributed by atoms with van der Waals surface area (Å²) in [6, 6.07) is -3.20. The molecule has 17 heteroatoms. The summed E-state index contributed by atoms with van der Waals surface area (Å²) < 4.78 is 22.4. The van der Waals surface area contributed by atoms with E-state index in [-0.39, 0.29) is 19.5 Å². The number of nitrogens with one attached hydrogen (secondary N) is 1. The van der Waals surface area contributed by atoms with E-state index in [2.05, 4.69) is 5.32 Å². The molecule has 2 heterocycles. The molecule has 3 aliphatic rings. The molecule has 1 aliphatic carbocycles. The molecule has 16 N–H and O–H groups in total. The highest BCUT2D eigenvalue weighted by Crippen LogP contribution is 2.32. The Balaban J connectivity index is 1.82. The van der Waals surface area contributed by atoms with Crippen LogP contribution in [0.4, 0.5) is 0 Å². The van der Waals surface area contributed by atoms with Crippen LogP contribution < -0.4 is 28.3 Å². The zero-order valence-corrected chi connectivity index (χ0v) is 20.0. The van der Waals surface area contributed by atoms with Crippen LogP contribution in [0, 0.1) is 0 Å². The molecule has 3 fully saturated rings. The Bertz CT molecular complexity index is 753. The van der Waals surface area contributed by atoms with Gasteiger partial charge in [-0.15, -0.1) is 0 Å². The number of hydrogen-bond acceptors (Lipinski definition) is 16. The van der Waals surface area contributed by atoms with Crippen LogP contribution in [-0.2, 0) is 23.7 Å². The lowest BCUT2D eigenvalue weighted by atomic mass is 9.83. The summed E-state index contributed by atoms with van der Waals surface area (Å²) in [6.45, 7) is -1.24. The van der Waals surface area contributed by atoms with Gasteiger partial charge >= 0.3 is 0 Å². The zero-order valence-electron chi connectivity index (χ0n) is 20.0. The van der Waals surface area contributed by atoms with E-state index in [4.69, 9.17) is 41.9 Å². The highest BCUT2D eigenvalue weighted by molar-refractivity contribution is 5.78. The maximum atomic E-state index is 12.0. The molecule has 0 spiro atoms. The van der Waals surface area contributed by atoms with Crippen molar-refractivity contribution in [1.82, 2.24) is 5.32 Å². The second-order valence-electron chi connectivity index (χ2n) is 9.50. The van der Waals surface area contributed by atoms with E-state index in [9.17, 15) is 40.5 Å². The van der Waals surface area contributed by atoms with E-state index in [0.717, 1.165) is 0 Å². The van der Waals surface area contributed by atoms with Crippen LogP contribution >= 0.6 is 0 Å². The molecule has 1 amide bonds. The number of hydrogen-bond donors (Lipinski definition) is 12. The third kappa shape index (κ3) is 6.38. The molecule has 15 atom stereocenters. The van der Waals surface area contributed by atoms with E-state index >= 15 is 0 Å². The second-order valence-corrected chi connectivity index (χ2v) is 9.50. The van der Waals surface area contributed by atoms with Crippen LogP contribution in [0.2, 0.25) is 0 Å². The third-order valence-electron chi connectivity index (χ3n) is 6.97. The number of amides is 1. The van der Waals surface area contributed by atoms with Crippen molar-refractivity contribution in [3.63, 3.8) is 0 Å². The first-order valence-corrected chi connectivity index (χ1v) is 12.0. The molecule has 0 aromatic carbocycles. The van der Waals surface area contributed by atoms with Gasteiger partial charge in [-0.2, -0.15) is 0 Å². The van der Waals surface area contributed by atoms with Crippen molar-refractivity contribution in [3.05, 3.63) is 0 Å². The normalized spacial score (nSPS) is 49.0. The van der Waals surface area contributed by atoms with Gasteiger partial charge < -0.3 is 82.9 Å². The van der Waals surface area contributed by atoms with Gasteiger partial charge in [0.15, 0.2) is 12.6 Å². The quantitative estimate of drug-likeness (QED) is 0.136. The maximum Gasteiger partial charge on any atom is 0.234 e. The molecule has 0 unspecified atom stereocenters. The first kappa shape index (κ1) is 30.4. The number of carbonyl (C=O) groups excluding carboxylic acids is 1. The summed E-state index contributed by atoms with van der Waals surface area (Å²) in [5, 5.41) is 74.4. The molecule has 216 valence electrons. The average molecular weight is 542 g/mol. The van der Waals surface area contributed by atoms with Gasteiger partial charge in [-0.1, -0.05) is 0 Å². The van der Waals surface area contributed by atoms with Crippen molar-refractivity contribution in [2.45, 2.75) is 98.2 Å². The first-order valence-electron chi connectivity index (χ1n) is 12.0. The maximum absolute atomic E-state index is 12.0. The number of rotatable bonds is 8. The van der Waals surface area contributed by atoms with Crippen LogP contribution in [0.15, 0.2) is 0 Å². The lowest BCUT2D eigenvalue weighted by Gasteiger charge is -2.48. The minimum Gasteiger partial charge on any atom is -0.394 e. The lowest BCUT2D eigenvalue weighted by Crippen LogP contribution is -2.69. The molecule has 2 saturated heterocycles. The van der Waals surface area contributed by atoms with Gasteiger partial charge in [0.05, 0.1) is 25.2 Å². The average Bonchev–Trinajstić information content (AvgIpc) is 2.88. The van der Waals surface area contributed by atoms with E-state index < -0.39 is 104 Å². The van der Waals surface area contributed by atoms with Crippen molar-refractivity contribution in [2.75, 3.05) is 19.7 Å². The summed E-state index contributed by atoms with van der Waals surface area (Å²) in [5.74, 6) is -0.600. The predicted octanol–water partition coefficient (Wildman–Crippen LogP) is -8.18. The van der Waals surface area contributed by atoms with Gasteiger partial charge in [0.2, 0.25) is 5.91 Å². The fraction of sp³-hybridized carbons (Fsp3) is 0.950. The molecule has 3 rings (SSSR count). The van der Waals surface area contributed by atoms with E-state index in [1.165, 1.54) is 0 Å². The molecular weight excluding hydrogens is 502 g/mol. The van der Waals surface area contributed by atoms with Crippen LogP contribution in [0.3, 0.4) is 0 Å². The van der Waals surface area contributed by atoms with Crippen molar-refractivity contribution < 1.29 is 59.5 Å². The SMILES string of the molecule is NCC(=O)N[C@@H]1C[C@H](N)[C@@H](O[C@H]2O[C@H](CN)[C@@H](O)[C@H](O)[C@H]2O)[C@H](O)[C@H]1O[C@H]1O[C@H](CO)[C@@H](O)[C@H](N)[C@H]1O. The second kappa shape index (κ2) is 12.8. The summed E-state index contributed by atoms with van der Waals surface area (Å²) in [4.78, 5) is 12.0. The number of aliphatic hydroxyl groups excluding tert-OH is 7. The molecular formula is C20H39N5O12. The molecule has 17 nitrogen and oxygen atoms in total. The summed E-state index contributed by atoms with van der Waals surface area (Å²) in [6.07, 6.45) is -17.6. The van der Waals surface area contributed by atoms with E-state index in [1.807, 2.05) is 0 Å². The Hall–Kier alpha value is -1.13. The highest BCUT2D eigenvalue weighted by atomic mass is 16.7. The van der Waals surface area contributed by atoms with Gasteiger partial charge in [0.1, 0.15) is 61.0 Å². The minimum atomic E-state index is -1.72. The number of nitrogens with two attached hydrogens (primary N) is 4. The fourth-order valence-electron chi connectivity index (χ4n) is 4.76. The Morgan fingerprint density at radius 2 is 1.41 bits per heavy atom. The van der Waals surface area contributed by atoms with Gasteiger partial charge in [-0.05, 0) is 6.42 Å². The smallest absolute Gasteiger partial charge is 0.234 e. The van der Waals surface area contributed by atoms with Gasteiger partial charge in [-0.3, -0.25) is 4.79 Å². The first-order chi connectivity index (χ1) is 17.4. The topological polar surface area (TPSA) is 312 Å². The molecule has 1 saturated carbocycles. The number of carbonyl (C=O) groups is 1. The molecule has 0 bridgehead atoms. The Kier molecular flexibility index (Phi) is 10.5. The Morgan fingerprint density at radius 1 is 0.811 bits per heavy atom. The van der Waals surface area contributed by atoms with Crippen LogP contribution in [0.1, 0.15) is 6.42 Å². The van der Waals surface area contributed by atoms with Crippen molar-refractivity contribution in [1.29, 1.82) is 0 Å². The number of aliphatic hydroxyl groups is 7. The van der Waals surface area contributed by atoms with Gasteiger partial charge in [0, 0.05) is 12.6 Å². The van der Waals surface area contributed by atoms with E-state index in [0.29, 0.717) is 0 Å². The van der Waals surface area contributed by atoms with Crippen LogP contribution in [0.5, 0.6) is 0 Å². The number of ether oxygens (including phenoxy) is 4. The molecule has 2 aliphatic heterocycles. The lowest BCUT2D eigenvalue weighted by molar-refractivity contribution is -0.332. The van der Waals surface area contributed by atoms with Crippen LogP contribution in [-0.4, -0.2) is 153 Å². The van der Waals surface area contributed by atoms with Gasteiger partial charge in [0.25, 0.3) is 0 Å². The monoisotopic (exact) mass is 541 g/mol. The largest absolute Gasteiger partial charge is 0.394 e. The molecule has 37 heavy (non-hydrogen) atoms. The van der Waals surface area contributed by atoms with Crippen molar-refractivity contribution in [2.24, 2.45) is 22.9 Å². The van der Waals surface area contributed by atoms with E-state index in [1.54, 1.807) is 0 Å². The highest BCUT2D eigenvalue weighted by Gasteiger charge is 2.52. The summed E-state index contributed by atoms with van der Waals surface area (Å²) in [5.41, 5.74) is 23.0. The Labute approximate surface area is 212 Å². The van der Waals surface area contributed by atoms with Crippen molar-refractivity contribution >= 4 is 5.91 Å². The Morgan fingerprint density at radius 3 is 2.00 bits per heavy atom. The van der Waals surface area contributed by atoms with Crippen molar-refractivity contribution in [3.8, 4) is 0 Å². The standard InChI is InChI=1S/C20H39N5O12/c21-2-7-12(29)14(31)15(32)20(34-7)36-17-5(23)1-6(25-9(27)3-22)18(16(17)33)37-19-13(30)10(24)11(28)8(4-26)35-19/h5-8,10-20,26,28-33H,1-4,21-24H2,(H,25,27)/t5-,6+,7+,8+,10-,11+,12+,13+,14-,15+,16-,17+,18-,19+,20+/m0/s1. The fourth-order valence-corrected chi connectivity index (χ4v) is 4.76. The summed E-state index contributed by atoms with van der Waals surface area (Å²) in [7, 11) is 0. The predicted molar refractivity (Wildman–Crippen MR) is 121 cm³/mol.